The van der Waals surface area contributed by atoms with E-state index in [1.165, 1.54) is 18.4 Å². The third kappa shape index (κ3) is 1.85. The Morgan fingerprint density at radius 1 is 1.41 bits per heavy atom. The summed E-state index contributed by atoms with van der Waals surface area (Å²) < 4.78 is 5.52. The minimum absolute atomic E-state index is 0.475. The molecule has 0 radical (unpaired) electrons. The van der Waals surface area contributed by atoms with Crippen molar-refractivity contribution in [3.63, 3.8) is 0 Å². The number of hydrogen-bond donors (Lipinski definition) is 1. The molecule has 1 N–H and O–H groups in total. The summed E-state index contributed by atoms with van der Waals surface area (Å²) >= 11 is 0. The first-order valence-electron chi connectivity index (χ1n) is 6.72. The van der Waals surface area contributed by atoms with Crippen LogP contribution in [0.2, 0.25) is 0 Å². The Morgan fingerprint density at radius 2 is 2.24 bits per heavy atom. The summed E-state index contributed by atoms with van der Waals surface area (Å²) in [7, 11) is 0. The number of aliphatic hydroxyl groups is 1. The fraction of sp³-hybridized carbons (Fsp3) is 0.600. The average Bonchev–Trinajstić information content (AvgIpc) is 3.08. The molecule has 1 atom stereocenters. The van der Waals surface area contributed by atoms with Gasteiger partial charge in [-0.15, -0.1) is 0 Å². The van der Waals surface area contributed by atoms with E-state index in [9.17, 15) is 5.11 Å². The second-order valence-electron chi connectivity index (χ2n) is 5.37. The van der Waals surface area contributed by atoms with E-state index in [0.717, 1.165) is 37.2 Å². The van der Waals surface area contributed by atoms with Gasteiger partial charge in [-0.1, -0.05) is 19.4 Å². The first-order valence-corrected chi connectivity index (χ1v) is 6.72. The molecule has 1 saturated carbocycles. The van der Waals surface area contributed by atoms with E-state index in [2.05, 4.69) is 19.1 Å². The molecule has 1 aromatic carbocycles. The van der Waals surface area contributed by atoms with E-state index in [4.69, 9.17) is 4.74 Å². The lowest BCUT2D eigenvalue weighted by molar-refractivity contribution is 0.00333. The molecular weight excluding hydrogens is 212 g/mol. The topological polar surface area (TPSA) is 29.5 Å². The molecule has 92 valence electrons. The highest BCUT2D eigenvalue weighted by atomic mass is 16.5. The van der Waals surface area contributed by atoms with E-state index in [0.29, 0.717) is 5.92 Å². The summed E-state index contributed by atoms with van der Waals surface area (Å²) in [4.78, 5) is 0. The summed E-state index contributed by atoms with van der Waals surface area (Å²) in [6, 6.07) is 6.25. The monoisotopic (exact) mass is 232 g/mol. The predicted molar refractivity (Wildman–Crippen MR) is 67.2 cm³/mol. The van der Waals surface area contributed by atoms with Crippen molar-refractivity contribution in [3.8, 4) is 5.75 Å². The van der Waals surface area contributed by atoms with E-state index >= 15 is 0 Å². The van der Waals surface area contributed by atoms with Gasteiger partial charge >= 0.3 is 0 Å². The normalized spacial score (nSPS) is 21.8. The largest absolute Gasteiger partial charge is 0.493 e. The Balaban J connectivity index is 1.95. The van der Waals surface area contributed by atoms with Crippen LogP contribution in [0.1, 0.15) is 43.7 Å². The standard InChI is InChI=1S/C15H20O2/c1-2-8-15(16,12-3-4-12)13-5-6-14-11(10-13)7-9-17-14/h5-6,10,12,16H,2-4,7-9H2,1H3. The van der Waals surface area contributed by atoms with Crippen LogP contribution in [0.5, 0.6) is 5.75 Å². The van der Waals surface area contributed by atoms with Crippen LogP contribution in [0, 0.1) is 5.92 Å². The molecular formula is C15H20O2. The number of fused-ring (bicyclic) bond motifs is 1. The Labute approximate surface area is 103 Å². The maximum absolute atomic E-state index is 10.9. The summed E-state index contributed by atoms with van der Waals surface area (Å²) in [5, 5.41) is 10.9. The maximum atomic E-state index is 10.9. The van der Waals surface area contributed by atoms with Gasteiger partial charge in [0, 0.05) is 6.42 Å². The summed E-state index contributed by atoms with van der Waals surface area (Å²) in [6.07, 6.45) is 5.22. The van der Waals surface area contributed by atoms with Crippen molar-refractivity contribution >= 4 is 0 Å². The highest BCUT2D eigenvalue weighted by Crippen LogP contribution is 2.49. The highest BCUT2D eigenvalue weighted by molar-refractivity contribution is 5.42. The molecule has 1 unspecified atom stereocenters. The minimum Gasteiger partial charge on any atom is -0.493 e. The molecule has 2 aliphatic rings. The molecule has 1 aliphatic carbocycles. The van der Waals surface area contributed by atoms with Crippen LogP contribution in [-0.2, 0) is 12.0 Å². The third-order valence-corrected chi connectivity index (χ3v) is 4.07. The molecule has 0 saturated heterocycles. The van der Waals surface area contributed by atoms with Gasteiger partial charge in [-0.25, -0.2) is 0 Å². The van der Waals surface area contributed by atoms with Gasteiger partial charge in [0.15, 0.2) is 0 Å². The molecule has 0 bridgehead atoms. The molecule has 0 aromatic heterocycles. The van der Waals surface area contributed by atoms with Crippen molar-refractivity contribution in [2.75, 3.05) is 6.61 Å². The third-order valence-electron chi connectivity index (χ3n) is 4.07. The molecule has 2 heteroatoms. The first-order chi connectivity index (χ1) is 8.24. The van der Waals surface area contributed by atoms with Crippen LogP contribution < -0.4 is 4.74 Å². The van der Waals surface area contributed by atoms with Gasteiger partial charge in [0.05, 0.1) is 12.2 Å². The predicted octanol–water partition coefficient (Wildman–Crippen LogP) is 3.02. The van der Waals surface area contributed by atoms with Crippen LogP contribution in [0.15, 0.2) is 18.2 Å². The lowest BCUT2D eigenvalue weighted by Gasteiger charge is -2.29. The van der Waals surface area contributed by atoms with Crippen molar-refractivity contribution in [3.05, 3.63) is 29.3 Å². The van der Waals surface area contributed by atoms with Crippen molar-refractivity contribution in [1.82, 2.24) is 0 Å². The Morgan fingerprint density at radius 3 is 2.94 bits per heavy atom. The van der Waals surface area contributed by atoms with Gasteiger partial charge in [-0.05, 0) is 48.4 Å². The van der Waals surface area contributed by atoms with Crippen LogP contribution in [0.3, 0.4) is 0 Å². The minimum atomic E-state index is -0.591. The maximum Gasteiger partial charge on any atom is 0.122 e. The smallest absolute Gasteiger partial charge is 0.122 e. The van der Waals surface area contributed by atoms with Crippen molar-refractivity contribution in [1.29, 1.82) is 0 Å². The van der Waals surface area contributed by atoms with E-state index in [1.807, 2.05) is 6.07 Å². The molecule has 2 nitrogen and oxygen atoms in total. The number of benzene rings is 1. The number of hydrogen-bond acceptors (Lipinski definition) is 2. The van der Waals surface area contributed by atoms with Crippen LogP contribution in [0.25, 0.3) is 0 Å². The van der Waals surface area contributed by atoms with Gasteiger partial charge in [-0.3, -0.25) is 0 Å². The fourth-order valence-corrected chi connectivity index (χ4v) is 2.98. The van der Waals surface area contributed by atoms with E-state index in [-0.39, 0.29) is 0 Å². The van der Waals surface area contributed by atoms with Gasteiger partial charge in [0.25, 0.3) is 0 Å². The molecule has 0 amide bonds. The average molecular weight is 232 g/mol. The Hall–Kier alpha value is -1.02. The number of ether oxygens (including phenoxy) is 1. The lowest BCUT2D eigenvalue weighted by atomic mass is 9.84. The summed E-state index contributed by atoms with van der Waals surface area (Å²) in [5.41, 5.74) is 1.77. The van der Waals surface area contributed by atoms with Crippen molar-refractivity contribution in [2.24, 2.45) is 5.92 Å². The molecule has 0 spiro atoms. The van der Waals surface area contributed by atoms with Crippen molar-refractivity contribution in [2.45, 2.75) is 44.6 Å². The number of rotatable bonds is 4. The van der Waals surface area contributed by atoms with Gasteiger partial charge in [-0.2, -0.15) is 0 Å². The molecule has 1 heterocycles. The van der Waals surface area contributed by atoms with Crippen LogP contribution >= 0.6 is 0 Å². The molecule has 1 fully saturated rings. The van der Waals surface area contributed by atoms with Gasteiger partial charge < -0.3 is 9.84 Å². The van der Waals surface area contributed by atoms with Crippen LogP contribution in [-0.4, -0.2) is 11.7 Å². The van der Waals surface area contributed by atoms with Gasteiger partial charge in [0.2, 0.25) is 0 Å². The molecule has 3 rings (SSSR count). The summed E-state index contributed by atoms with van der Waals surface area (Å²) in [5.74, 6) is 1.48. The molecule has 1 aromatic rings. The highest BCUT2D eigenvalue weighted by Gasteiger charge is 2.44. The zero-order valence-electron chi connectivity index (χ0n) is 10.4. The molecule has 1 aliphatic heterocycles. The second kappa shape index (κ2) is 4.02. The first kappa shape index (κ1) is 11.1. The Bertz CT molecular complexity index is 423. The fourth-order valence-electron chi connectivity index (χ4n) is 2.98. The zero-order valence-corrected chi connectivity index (χ0v) is 10.4. The molecule has 17 heavy (non-hydrogen) atoms. The van der Waals surface area contributed by atoms with E-state index < -0.39 is 5.60 Å². The van der Waals surface area contributed by atoms with Crippen LogP contribution in [0.4, 0.5) is 0 Å². The lowest BCUT2D eigenvalue weighted by Crippen LogP contribution is -2.28. The SMILES string of the molecule is CCCC(O)(c1ccc2c(c1)CCO2)C1CC1. The zero-order chi connectivity index (χ0) is 11.9. The van der Waals surface area contributed by atoms with Gasteiger partial charge in [0.1, 0.15) is 5.75 Å². The van der Waals surface area contributed by atoms with Crippen molar-refractivity contribution < 1.29 is 9.84 Å². The quantitative estimate of drug-likeness (QED) is 0.864. The van der Waals surface area contributed by atoms with E-state index in [1.54, 1.807) is 0 Å². The Kier molecular flexibility index (Phi) is 2.62. The summed E-state index contributed by atoms with van der Waals surface area (Å²) in [6.45, 7) is 2.93. The second-order valence-corrected chi connectivity index (χ2v) is 5.37.